The van der Waals surface area contributed by atoms with Gasteiger partial charge < -0.3 is 9.30 Å². The van der Waals surface area contributed by atoms with Crippen LogP contribution in [0.1, 0.15) is 12.5 Å². The first-order valence-electron chi connectivity index (χ1n) is 7.71. The molecule has 0 atom stereocenters. The summed E-state index contributed by atoms with van der Waals surface area (Å²) in [6, 6.07) is 15.2. The van der Waals surface area contributed by atoms with Crippen molar-refractivity contribution >= 4 is 23.2 Å². The number of hydrogen-bond donors (Lipinski definition) is 1. The molecule has 0 fully saturated rings. The van der Waals surface area contributed by atoms with Gasteiger partial charge in [0.1, 0.15) is 12.3 Å². The predicted octanol–water partition coefficient (Wildman–Crippen LogP) is 2.59. The lowest BCUT2D eigenvalue weighted by molar-refractivity contribution is -0.121. The molecule has 0 unspecified atom stereocenters. The normalized spacial score (nSPS) is 11.0. The average Bonchev–Trinajstić information content (AvgIpc) is 3.00. The summed E-state index contributed by atoms with van der Waals surface area (Å²) in [5.74, 6) is 0.516. The molecule has 6 heteroatoms. The van der Waals surface area contributed by atoms with E-state index in [9.17, 15) is 4.79 Å². The van der Waals surface area contributed by atoms with Crippen molar-refractivity contribution in [2.75, 3.05) is 6.61 Å². The van der Waals surface area contributed by atoms with Crippen LogP contribution in [0.25, 0.3) is 11.0 Å². The van der Waals surface area contributed by atoms with Crippen LogP contribution in [0.4, 0.5) is 0 Å². The molecule has 2 aromatic carbocycles. The van der Waals surface area contributed by atoms with Crippen molar-refractivity contribution in [3.8, 4) is 5.75 Å². The fourth-order valence-corrected chi connectivity index (χ4v) is 2.37. The molecule has 0 spiro atoms. The monoisotopic (exact) mass is 322 g/mol. The van der Waals surface area contributed by atoms with Gasteiger partial charge >= 0.3 is 0 Å². The number of ether oxygens (including phenoxy) is 1. The number of carbonyl (C=O) groups is 1. The van der Waals surface area contributed by atoms with E-state index < -0.39 is 0 Å². The highest BCUT2D eigenvalue weighted by atomic mass is 16.5. The van der Waals surface area contributed by atoms with E-state index in [0.717, 1.165) is 22.3 Å². The summed E-state index contributed by atoms with van der Waals surface area (Å²) in [4.78, 5) is 16.3. The molecule has 3 rings (SSSR count). The van der Waals surface area contributed by atoms with Crippen LogP contribution in [0.15, 0.2) is 60.0 Å². The summed E-state index contributed by atoms with van der Waals surface area (Å²) in [5.41, 5.74) is 5.12. The van der Waals surface area contributed by atoms with Crippen molar-refractivity contribution < 1.29 is 9.53 Å². The van der Waals surface area contributed by atoms with Crippen LogP contribution in [-0.2, 0) is 11.3 Å². The van der Waals surface area contributed by atoms with Crippen LogP contribution in [0.2, 0.25) is 0 Å². The number of para-hydroxylation sites is 3. The minimum atomic E-state index is -0.219. The maximum absolute atomic E-state index is 12.1. The van der Waals surface area contributed by atoms with Gasteiger partial charge in [-0.1, -0.05) is 24.3 Å². The zero-order valence-electron chi connectivity index (χ0n) is 13.3. The Balaban J connectivity index is 1.63. The molecule has 0 saturated heterocycles. The summed E-state index contributed by atoms with van der Waals surface area (Å²) in [6.45, 7) is 2.65. The molecule has 0 bridgehead atoms. The Morgan fingerprint density at radius 1 is 1.25 bits per heavy atom. The van der Waals surface area contributed by atoms with Crippen LogP contribution >= 0.6 is 0 Å². The molecular formula is C18H18N4O2. The number of aromatic nitrogens is 2. The van der Waals surface area contributed by atoms with E-state index in [1.54, 1.807) is 17.1 Å². The Bertz CT molecular complexity index is 870. The first kappa shape index (κ1) is 15.7. The van der Waals surface area contributed by atoms with E-state index in [1.807, 2.05) is 55.5 Å². The third-order valence-corrected chi connectivity index (χ3v) is 3.45. The second-order valence-electron chi connectivity index (χ2n) is 5.13. The largest absolute Gasteiger partial charge is 0.493 e. The van der Waals surface area contributed by atoms with Crippen LogP contribution < -0.4 is 10.2 Å². The molecule has 122 valence electrons. The number of fused-ring (bicyclic) bond motifs is 1. The first-order valence-corrected chi connectivity index (χ1v) is 7.71. The molecule has 1 heterocycles. The molecule has 1 aromatic heterocycles. The maximum atomic E-state index is 12.1. The molecule has 1 N–H and O–H groups in total. The molecule has 1 amide bonds. The highest BCUT2D eigenvalue weighted by Crippen LogP contribution is 2.15. The quantitative estimate of drug-likeness (QED) is 0.560. The molecule has 0 aliphatic rings. The van der Waals surface area contributed by atoms with Gasteiger partial charge in [-0.15, -0.1) is 0 Å². The van der Waals surface area contributed by atoms with Gasteiger partial charge in [0.25, 0.3) is 5.91 Å². The summed E-state index contributed by atoms with van der Waals surface area (Å²) in [5, 5.41) is 4.01. The maximum Gasteiger partial charge on any atom is 0.260 e. The number of benzene rings is 2. The fourth-order valence-electron chi connectivity index (χ4n) is 2.37. The van der Waals surface area contributed by atoms with E-state index in [0.29, 0.717) is 6.61 Å². The number of nitrogens with zero attached hydrogens (tertiary/aromatic N) is 3. The molecule has 6 nitrogen and oxygen atoms in total. The standard InChI is InChI=1S/C18H18N4O2/c1-2-24-17-10-6-3-7-14(17)11-20-21-18(23)12-22-13-19-15-8-4-5-9-16(15)22/h3-11,13H,2,12H2,1H3,(H,21,23)/b20-11-. The van der Waals surface area contributed by atoms with Gasteiger partial charge in [-0.05, 0) is 31.2 Å². The summed E-state index contributed by atoms with van der Waals surface area (Å²) >= 11 is 0. The van der Waals surface area contributed by atoms with Gasteiger partial charge in [0.05, 0.1) is 30.2 Å². The van der Waals surface area contributed by atoms with Crippen molar-refractivity contribution in [3.05, 3.63) is 60.4 Å². The number of hydrogen-bond acceptors (Lipinski definition) is 4. The predicted molar refractivity (Wildman–Crippen MR) is 93.1 cm³/mol. The van der Waals surface area contributed by atoms with Crippen molar-refractivity contribution in [2.45, 2.75) is 13.5 Å². The van der Waals surface area contributed by atoms with Crippen molar-refractivity contribution in [1.82, 2.24) is 15.0 Å². The topological polar surface area (TPSA) is 68.5 Å². The Morgan fingerprint density at radius 2 is 2.04 bits per heavy atom. The zero-order valence-corrected chi connectivity index (χ0v) is 13.3. The second kappa shape index (κ2) is 7.41. The minimum Gasteiger partial charge on any atom is -0.493 e. The van der Waals surface area contributed by atoms with Crippen LogP contribution in [0, 0.1) is 0 Å². The van der Waals surface area contributed by atoms with Crippen LogP contribution in [-0.4, -0.2) is 28.3 Å². The Kier molecular flexibility index (Phi) is 4.86. The number of amides is 1. The Labute approximate surface area is 139 Å². The lowest BCUT2D eigenvalue weighted by atomic mass is 10.2. The van der Waals surface area contributed by atoms with E-state index in [-0.39, 0.29) is 12.5 Å². The average molecular weight is 322 g/mol. The molecule has 24 heavy (non-hydrogen) atoms. The summed E-state index contributed by atoms with van der Waals surface area (Å²) in [6.07, 6.45) is 3.23. The number of rotatable bonds is 6. The SMILES string of the molecule is CCOc1ccccc1/C=N\NC(=O)Cn1cnc2ccccc21. The third kappa shape index (κ3) is 3.60. The summed E-state index contributed by atoms with van der Waals surface area (Å²) in [7, 11) is 0. The smallest absolute Gasteiger partial charge is 0.260 e. The van der Waals surface area contributed by atoms with Crippen molar-refractivity contribution in [2.24, 2.45) is 5.10 Å². The lowest BCUT2D eigenvalue weighted by Crippen LogP contribution is -2.22. The van der Waals surface area contributed by atoms with Crippen molar-refractivity contribution in [1.29, 1.82) is 0 Å². The highest BCUT2D eigenvalue weighted by Gasteiger charge is 2.06. The van der Waals surface area contributed by atoms with Gasteiger partial charge in [-0.3, -0.25) is 4.79 Å². The first-order chi connectivity index (χ1) is 11.8. The Morgan fingerprint density at radius 3 is 2.92 bits per heavy atom. The van der Waals surface area contributed by atoms with Gasteiger partial charge in [0, 0.05) is 5.56 Å². The number of nitrogens with one attached hydrogen (secondary N) is 1. The van der Waals surface area contributed by atoms with E-state index >= 15 is 0 Å². The van der Waals surface area contributed by atoms with Gasteiger partial charge in [-0.25, -0.2) is 10.4 Å². The van der Waals surface area contributed by atoms with Gasteiger partial charge in [-0.2, -0.15) is 5.10 Å². The minimum absolute atomic E-state index is 0.158. The van der Waals surface area contributed by atoms with Gasteiger partial charge in [0.15, 0.2) is 0 Å². The molecular weight excluding hydrogens is 304 g/mol. The Hall–Kier alpha value is -3.15. The second-order valence-corrected chi connectivity index (χ2v) is 5.13. The van der Waals surface area contributed by atoms with E-state index in [1.165, 1.54) is 0 Å². The van der Waals surface area contributed by atoms with E-state index in [4.69, 9.17) is 4.74 Å². The molecule has 0 aliphatic heterocycles. The van der Waals surface area contributed by atoms with Gasteiger partial charge in [0.2, 0.25) is 0 Å². The molecule has 0 aliphatic carbocycles. The number of hydrazone groups is 1. The van der Waals surface area contributed by atoms with Crippen LogP contribution in [0.5, 0.6) is 5.75 Å². The fraction of sp³-hybridized carbons (Fsp3) is 0.167. The molecule has 0 saturated carbocycles. The van der Waals surface area contributed by atoms with Crippen molar-refractivity contribution in [3.63, 3.8) is 0 Å². The number of carbonyl (C=O) groups excluding carboxylic acids is 1. The van der Waals surface area contributed by atoms with Crippen LogP contribution in [0.3, 0.4) is 0 Å². The molecule has 3 aromatic rings. The molecule has 0 radical (unpaired) electrons. The summed E-state index contributed by atoms with van der Waals surface area (Å²) < 4.78 is 7.30. The highest BCUT2D eigenvalue weighted by molar-refractivity contribution is 5.85. The van der Waals surface area contributed by atoms with E-state index in [2.05, 4.69) is 15.5 Å². The third-order valence-electron chi connectivity index (χ3n) is 3.45. The lowest BCUT2D eigenvalue weighted by Gasteiger charge is -2.06. The number of imidazole rings is 1. The zero-order chi connectivity index (χ0) is 16.8.